The van der Waals surface area contributed by atoms with E-state index >= 15 is 0 Å². The first kappa shape index (κ1) is 22.9. The van der Waals surface area contributed by atoms with Crippen molar-refractivity contribution >= 4 is 23.5 Å². The van der Waals surface area contributed by atoms with Crippen LogP contribution in [-0.4, -0.2) is 59.3 Å². The van der Waals surface area contributed by atoms with Gasteiger partial charge in [-0.15, -0.1) is 0 Å². The van der Waals surface area contributed by atoms with E-state index in [1.54, 1.807) is 11.8 Å². The molecule has 0 atom stereocenters. The van der Waals surface area contributed by atoms with E-state index in [4.69, 9.17) is 18.9 Å². The second-order valence-electron chi connectivity index (χ2n) is 7.28. The van der Waals surface area contributed by atoms with Gasteiger partial charge in [0, 0.05) is 11.4 Å². The van der Waals surface area contributed by atoms with E-state index in [2.05, 4.69) is 59.3 Å². The summed E-state index contributed by atoms with van der Waals surface area (Å²) < 4.78 is 22.6. The van der Waals surface area contributed by atoms with Gasteiger partial charge >= 0.3 is 0 Å². The Morgan fingerprint density at radius 2 is 1.66 bits per heavy atom. The molecule has 0 spiro atoms. The number of ether oxygens (including phenoxy) is 4. The largest absolute Gasteiger partial charge is 0.489 e. The third-order valence-electron chi connectivity index (χ3n) is 5.10. The number of hydrogen-bond acceptors (Lipinski definition) is 7. The second kappa shape index (κ2) is 12.1. The van der Waals surface area contributed by atoms with Crippen molar-refractivity contribution in [1.29, 1.82) is 0 Å². The van der Waals surface area contributed by atoms with Crippen molar-refractivity contribution in [2.45, 2.75) is 11.8 Å². The molecule has 2 aromatic rings. The summed E-state index contributed by atoms with van der Waals surface area (Å²) in [6.45, 7) is 7.49. The SMILES string of the molecule is CCN1C(=CC=c2ccc3c(c2)OCCOCCOCCOCCN=3)Sc2ccccc21. The van der Waals surface area contributed by atoms with E-state index in [0.29, 0.717) is 52.8 Å². The van der Waals surface area contributed by atoms with Crippen LogP contribution in [0.2, 0.25) is 0 Å². The van der Waals surface area contributed by atoms with Gasteiger partial charge in [-0.1, -0.05) is 36.0 Å². The molecule has 0 aliphatic carbocycles. The van der Waals surface area contributed by atoms with Gasteiger partial charge in [-0.25, -0.2) is 0 Å². The predicted octanol–water partition coefficient (Wildman–Crippen LogP) is 3.00. The zero-order valence-corrected chi connectivity index (χ0v) is 19.3. The summed E-state index contributed by atoms with van der Waals surface area (Å²) >= 11 is 1.80. The summed E-state index contributed by atoms with van der Waals surface area (Å²) in [7, 11) is 0. The van der Waals surface area contributed by atoms with Crippen LogP contribution in [0.3, 0.4) is 0 Å². The lowest BCUT2D eigenvalue weighted by atomic mass is 10.2. The molecular formula is C25H30N2O4S. The number of benzene rings is 2. The van der Waals surface area contributed by atoms with E-state index in [1.807, 2.05) is 12.1 Å². The molecule has 0 aromatic heterocycles. The summed E-state index contributed by atoms with van der Waals surface area (Å²) in [4.78, 5) is 8.29. The van der Waals surface area contributed by atoms with Gasteiger partial charge in [-0.2, -0.15) is 0 Å². The molecule has 2 heterocycles. The topological polar surface area (TPSA) is 52.5 Å². The summed E-state index contributed by atoms with van der Waals surface area (Å²) in [5.74, 6) is 0.765. The molecule has 170 valence electrons. The minimum atomic E-state index is 0.471. The highest BCUT2D eigenvalue weighted by Gasteiger charge is 2.22. The number of anilines is 1. The van der Waals surface area contributed by atoms with Gasteiger partial charge < -0.3 is 23.8 Å². The zero-order valence-electron chi connectivity index (χ0n) is 18.5. The summed E-state index contributed by atoms with van der Waals surface area (Å²) in [5, 5.41) is 3.13. The minimum Gasteiger partial charge on any atom is -0.489 e. The molecule has 0 saturated carbocycles. The van der Waals surface area contributed by atoms with Crippen molar-refractivity contribution in [1.82, 2.24) is 0 Å². The Morgan fingerprint density at radius 1 is 0.906 bits per heavy atom. The Morgan fingerprint density at radius 3 is 2.47 bits per heavy atom. The number of hydrogen-bond donors (Lipinski definition) is 0. The maximum atomic E-state index is 6.01. The average molecular weight is 455 g/mol. The quantitative estimate of drug-likeness (QED) is 0.696. The van der Waals surface area contributed by atoms with Gasteiger partial charge in [0.1, 0.15) is 12.4 Å². The molecule has 2 aliphatic rings. The summed E-state index contributed by atoms with van der Waals surface area (Å²) in [6.07, 6.45) is 4.31. The lowest BCUT2D eigenvalue weighted by molar-refractivity contribution is 0.0110. The molecule has 4 rings (SSSR count). The standard InChI is InChI=1S/C25H30N2O4S/c1-2-27-22-5-3-4-6-24(22)32-25(27)10-8-20-7-9-21-23(19-20)31-18-17-30-16-15-29-14-13-28-12-11-26-21/h3-10,19H,2,11-18H2,1H3. The van der Waals surface area contributed by atoms with Gasteiger partial charge in [0.05, 0.1) is 62.3 Å². The summed E-state index contributed by atoms with van der Waals surface area (Å²) in [6, 6.07) is 14.7. The van der Waals surface area contributed by atoms with Crippen LogP contribution < -0.4 is 20.2 Å². The highest BCUT2D eigenvalue weighted by molar-refractivity contribution is 8.03. The molecule has 0 amide bonds. The molecule has 2 aromatic carbocycles. The molecule has 0 N–H and O–H groups in total. The molecule has 0 fully saturated rings. The van der Waals surface area contributed by atoms with Crippen LogP contribution in [-0.2, 0) is 14.2 Å². The number of nitrogens with zero attached hydrogens (tertiary/aromatic N) is 2. The number of thioether (sulfide) groups is 1. The molecule has 0 bridgehead atoms. The summed E-state index contributed by atoms with van der Waals surface area (Å²) in [5.41, 5.74) is 1.27. The fraction of sp³-hybridized carbons (Fsp3) is 0.400. The van der Waals surface area contributed by atoms with E-state index in [1.165, 1.54) is 15.6 Å². The van der Waals surface area contributed by atoms with Crippen LogP contribution in [0.25, 0.3) is 6.08 Å². The van der Waals surface area contributed by atoms with Gasteiger partial charge in [0.15, 0.2) is 0 Å². The second-order valence-corrected chi connectivity index (χ2v) is 8.34. The Balaban J connectivity index is 1.55. The van der Waals surface area contributed by atoms with Crippen LogP contribution >= 0.6 is 11.8 Å². The van der Waals surface area contributed by atoms with Gasteiger partial charge in [-0.3, -0.25) is 4.99 Å². The predicted molar refractivity (Wildman–Crippen MR) is 128 cm³/mol. The van der Waals surface area contributed by atoms with E-state index in [9.17, 15) is 0 Å². The highest BCUT2D eigenvalue weighted by Crippen LogP contribution is 2.45. The van der Waals surface area contributed by atoms with E-state index in [0.717, 1.165) is 22.9 Å². The molecule has 2 aliphatic heterocycles. The molecule has 6 nitrogen and oxygen atoms in total. The van der Waals surface area contributed by atoms with Crippen LogP contribution in [0, 0.1) is 0 Å². The highest BCUT2D eigenvalue weighted by atomic mass is 32.2. The molecule has 0 radical (unpaired) electrons. The van der Waals surface area contributed by atoms with Crippen molar-refractivity contribution < 1.29 is 18.9 Å². The van der Waals surface area contributed by atoms with Crippen LogP contribution in [0.5, 0.6) is 5.75 Å². The number of rotatable bonds is 2. The Labute approximate surface area is 193 Å². The minimum absolute atomic E-state index is 0.471. The van der Waals surface area contributed by atoms with Crippen molar-refractivity contribution in [3.8, 4) is 5.75 Å². The first-order valence-electron chi connectivity index (χ1n) is 11.1. The molecular weight excluding hydrogens is 424 g/mol. The molecule has 32 heavy (non-hydrogen) atoms. The fourth-order valence-corrected chi connectivity index (χ4v) is 4.66. The monoisotopic (exact) mass is 454 g/mol. The Hall–Kier alpha value is -2.32. The lowest BCUT2D eigenvalue weighted by Gasteiger charge is -2.17. The van der Waals surface area contributed by atoms with Crippen molar-refractivity contribution in [3.63, 3.8) is 0 Å². The van der Waals surface area contributed by atoms with Gasteiger partial charge in [-0.05, 0) is 42.5 Å². The van der Waals surface area contributed by atoms with Gasteiger partial charge in [0.2, 0.25) is 0 Å². The Bertz CT molecular complexity index is 1040. The van der Waals surface area contributed by atoms with Crippen molar-refractivity contribution in [2.75, 3.05) is 64.2 Å². The third kappa shape index (κ3) is 6.13. The molecule has 0 saturated heterocycles. The van der Waals surface area contributed by atoms with E-state index in [-0.39, 0.29) is 0 Å². The number of allylic oxidation sites excluding steroid dienone is 1. The molecule has 7 heteroatoms. The lowest BCUT2D eigenvalue weighted by Crippen LogP contribution is -2.18. The van der Waals surface area contributed by atoms with E-state index < -0.39 is 0 Å². The van der Waals surface area contributed by atoms with Crippen molar-refractivity contribution in [3.05, 3.63) is 64.1 Å². The Kier molecular flexibility index (Phi) is 8.62. The maximum Gasteiger partial charge on any atom is 0.145 e. The third-order valence-corrected chi connectivity index (χ3v) is 6.23. The number of para-hydroxylation sites is 1. The smallest absolute Gasteiger partial charge is 0.145 e. The van der Waals surface area contributed by atoms with Crippen LogP contribution in [0.1, 0.15) is 6.92 Å². The number of fused-ring (bicyclic) bond motifs is 2. The normalized spacial score (nSPS) is 20.0. The zero-order chi connectivity index (χ0) is 22.0. The fourth-order valence-electron chi connectivity index (χ4n) is 3.53. The van der Waals surface area contributed by atoms with Crippen LogP contribution in [0.15, 0.2) is 63.5 Å². The first-order valence-corrected chi connectivity index (χ1v) is 11.9. The average Bonchev–Trinajstić information content (AvgIpc) is 3.18. The molecule has 0 unspecified atom stereocenters. The van der Waals surface area contributed by atoms with Crippen LogP contribution in [0.4, 0.5) is 5.69 Å². The first-order chi connectivity index (χ1) is 15.8. The van der Waals surface area contributed by atoms with Gasteiger partial charge in [0.25, 0.3) is 0 Å². The van der Waals surface area contributed by atoms with Crippen molar-refractivity contribution in [2.24, 2.45) is 4.99 Å². The maximum absolute atomic E-state index is 6.01.